The summed E-state index contributed by atoms with van der Waals surface area (Å²) in [6, 6.07) is 1.64. The molecule has 1 aromatic heterocycles. The van der Waals surface area contributed by atoms with E-state index in [9.17, 15) is 9.59 Å². The highest BCUT2D eigenvalue weighted by molar-refractivity contribution is 6.37. The summed E-state index contributed by atoms with van der Waals surface area (Å²) in [7, 11) is 0. The molecule has 1 amide bonds. The first kappa shape index (κ1) is 9.31. The lowest BCUT2D eigenvalue weighted by Crippen LogP contribution is -2.24. The van der Waals surface area contributed by atoms with Gasteiger partial charge in [-0.2, -0.15) is 0 Å². The summed E-state index contributed by atoms with van der Waals surface area (Å²) in [6.45, 7) is 1.83. The van der Waals surface area contributed by atoms with Crippen molar-refractivity contribution in [3.05, 3.63) is 18.5 Å². The molecule has 0 saturated carbocycles. The Balaban J connectivity index is 2.46. The first-order chi connectivity index (χ1) is 6.24. The van der Waals surface area contributed by atoms with Gasteiger partial charge < -0.3 is 15.0 Å². The standard InChI is InChI=1S/C8H10N2O3/c1-2-13-8(12)7(11)10-6-3-4-9-5-6/h3-5,9H,2H2,1H3,(H,10,11). The first-order valence-electron chi connectivity index (χ1n) is 3.85. The molecule has 5 heteroatoms. The highest BCUT2D eigenvalue weighted by atomic mass is 16.5. The summed E-state index contributed by atoms with van der Waals surface area (Å²) in [6.07, 6.45) is 3.21. The molecule has 0 saturated heterocycles. The summed E-state index contributed by atoms with van der Waals surface area (Å²) in [4.78, 5) is 24.6. The fourth-order valence-corrected chi connectivity index (χ4v) is 0.780. The predicted octanol–water partition coefficient (Wildman–Crippen LogP) is 0.516. The molecule has 0 aliphatic carbocycles. The van der Waals surface area contributed by atoms with Gasteiger partial charge in [-0.25, -0.2) is 4.79 Å². The number of ether oxygens (including phenoxy) is 1. The van der Waals surface area contributed by atoms with E-state index in [-0.39, 0.29) is 6.61 Å². The Morgan fingerprint density at radius 3 is 2.92 bits per heavy atom. The van der Waals surface area contributed by atoms with Gasteiger partial charge in [-0.15, -0.1) is 0 Å². The van der Waals surface area contributed by atoms with Gasteiger partial charge in [-0.1, -0.05) is 0 Å². The Morgan fingerprint density at radius 1 is 1.62 bits per heavy atom. The Labute approximate surface area is 75.1 Å². The number of H-pyrrole nitrogens is 1. The van der Waals surface area contributed by atoms with Gasteiger partial charge in [-0.05, 0) is 13.0 Å². The van der Waals surface area contributed by atoms with E-state index in [0.29, 0.717) is 5.69 Å². The highest BCUT2D eigenvalue weighted by Gasteiger charge is 2.14. The van der Waals surface area contributed by atoms with Crippen LogP contribution in [0.2, 0.25) is 0 Å². The number of amides is 1. The summed E-state index contributed by atoms with van der Waals surface area (Å²) in [5.74, 6) is -1.63. The number of nitrogens with one attached hydrogen (secondary N) is 2. The van der Waals surface area contributed by atoms with E-state index in [4.69, 9.17) is 0 Å². The quantitative estimate of drug-likeness (QED) is 0.517. The Bertz CT molecular complexity index is 292. The third kappa shape index (κ3) is 2.62. The Morgan fingerprint density at radius 2 is 2.38 bits per heavy atom. The molecule has 13 heavy (non-hydrogen) atoms. The number of carbonyl (C=O) groups is 2. The zero-order chi connectivity index (χ0) is 9.68. The van der Waals surface area contributed by atoms with Crippen LogP contribution in [0.4, 0.5) is 5.69 Å². The maximum Gasteiger partial charge on any atom is 0.397 e. The summed E-state index contributed by atoms with van der Waals surface area (Å²) >= 11 is 0. The smallest absolute Gasteiger partial charge is 0.397 e. The van der Waals surface area contributed by atoms with Gasteiger partial charge in [0.05, 0.1) is 12.3 Å². The zero-order valence-electron chi connectivity index (χ0n) is 7.16. The second-order valence-corrected chi connectivity index (χ2v) is 2.27. The van der Waals surface area contributed by atoms with Crippen molar-refractivity contribution in [1.82, 2.24) is 4.98 Å². The van der Waals surface area contributed by atoms with Crippen molar-refractivity contribution in [3.8, 4) is 0 Å². The molecule has 0 aliphatic rings. The molecule has 0 fully saturated rings. The number of esters is 1. The normalized spacial score (nSPS) is 9.31. The van der Waals surface area contributed by atoms with E-state index in [1.807, 2.05) is 0 Å². The molecular formula is C8H10N2O3. The number of hydrogen-bond donors (Lipinski definition) is 2. The number of carbonyl (C=O) groups excluding carboxylic acids is 2. The van der Waals surface area contributed by atoms with E-state index in [1.165, 1.54) is 0 Å². The molecule has 2 N–H and O–H groups in total. The predicted molar refractivity (Wildman–Crippen MR) is 46.1 cm³/mol. The third-order valence-corrected chi connectivity index (χ3v) is 1.32. The van der Waals surface area contributed by atoms with E-state index < -0.39 is 11.9 Å². The molecule has 5 nitrogen and oxygen atoms in total. The van der Waals surface area contributed by atoms with E-state index in [1.54, 1.807) is 25.4 Å². The molecule has 0 atom stereocenters. The van der Waals surface area contributed by atoms with Crippen molar-refractivity contribution in [1.29, 1.82) is 0 Å². The molecule has 0 aliphatic heterocycles. The Hall–Kier alpha value is -1.78. The second-order valence-electron chi connectivity index (χ2n) is 2.27. The molecule has 0 bridgehead atoms. The molecule has 1 rings (SSSR count). The maximum absolute atomic E-state index is 11.0. The van der Waals surface area contributed by atoms with E-state index >= 15 is 0 Å². The van der Waals surface area contributed by atoms with Crippen molar-refractivity contribution in [2.45, 2.75) is 6.92 Å². The van der Waals surface area contributed by atoms with Crippen molar-refractivity contribution < 1.29 is 14.3 Å². The van der Waals surface area contributed by atoms with Crippen LogP contribution in [0.25, 0.3) is 0 Å². The van der Waals surface area contributed by atoms with Crippen molar-refractivity contribution >= 4 is 17.6 Å². The van der Waals surface area contributed by atoms with E-state index in [0.717, 1.165) is 0 Å². The van der Waals surface area contributed by atoms with Crippen LogP contribution in [0.5, 0.6) is 0 Å². The molecule has 0 radical (unpaired) electrons. The van der Waals surface area contributed by atoms with Crippen LogP contribution in [0.3, 0.4) is 0 Å². The molecule has 0 unspecified atom stereocenters. The molecule has 1 aromatic rings. The third-order valence-electron chi connectivity index (χ3n) is 1.32. The SMILES string of the molecule is CCOC(=O)C(=O)Nc1cc[nH]c1. The number of aromatic amines is 1. The number of hydrogen-bond acceptors (Lipinski definition) is 3. The monoisotopic (exact) mass is 182 g/mol. The van der Waals surface area contributed by atoms with Gasteiger partial charge >= 0.3 is 11.9 Å². The molecule has 0 spiro atoms. The minimum Gasteiger partial charge on any atom is -0.459 e. The minimum absolute atomic E-state index is 0.194. The van der Waals surface area contributed by atoms with Crippen LogP contribution < -0.4 is 5.32 Å². The lowest BCUT2D eigenvalue weighted by molar-refractivity contribution is -0.152. The average molecular weight is 182 g/mol. The lowest BCUT2D eigenvalue weighted by Gasteiger charge is -2.00. The maximum atomic E-state index is 11.0. The zero-order valence-corrected chi connectivity index (χ0v) is 7.16. The molecule has 70 valence electrons. The van der Waals surface area contributed by atoms with Gasteiger partial charge in [-0.3, -0.25) is 4.79 Å². The minimum atomic E-state index is -0.872. The highest BCUT2D eigenvalue weighted by Crippen LogP contribution is 2.02. The van der Waals surface area contributed by atoms with Crippen LogP contribution in [-0.4, -0.2) is 23.5 Å². The van der Waals surface area contributed by atoms with E-state index in [2.05, 4.69) is 15.0 Å². The number of aromatic nitrogens is 1. The topological polar surface area (TPSA) is 71.2 Å². The van der Waals surface area contributed by atoms with Gasteiger partial charge in [0.1, 0.15) is 0 Å². The second kappa shape index (κ2) is 4.30. The van der Waals surface area contributed by atoms with Crippen molar-refractivity contribution in [3.63, 3.8) is 0 Å². The Kier molecular flexibility index (Phi) is 3.08. The largest absolute Gasteiger partial charge is 0.459 e. The fraction of sp³-hybridized carbons (Fsp3) is 0.250. The van der Waals surface area contributed by atoms with Crippen LogP contribution in [0, 0.1) is 0 Å². The van der Waals surface area contributed by atoms with Crippen molar-refractivity contribution in [2.75, 3.05) is 11.9 Å². The number of rotatable bonds is 2. The van der Waals surface area contributed by atoms with Gasteiger partial charge in [0, 0.05) is 12.4 Å². The molecular weight excluding hydrogens is 172 g/mol. The number of anilines is 1. The average Bonchev–Trinajstić information content (AvgIpc) is 2.57. The van der Waals surface area contributed by atoms with Gasteiger partial charge in [0.15, 0.2) is 0 Å². The lowest BCUT2D eigenvalue weighted by atomic mass is 10.5. The van der Waals surface area contributed by atoms with Gasteiger partial charge in [0.25, 0.3) is 0 Å². The van der Waals surface area contributed by atoms with Crippen molar-refractivity contribution in [2.24, 2.45) is 0 Å². The van der Waals surface area contributed by atoms with Crippen LogP contribution in [-0.2, 0) is 14.3 Å². The first-order valence-corrected chi connectivity index (χ1v) is 3.85. The fourth-order valence-electron chi connectivity index (χ4n) is 0.780. The summed E-state index contributed by atoms with van der Waals surface area (Å²) in [5.41, 5.74) is 0.540. The summed E-state index contributed by atoms with van der Waals surface area (Å²) in [5, 5.41) is 2.36. The molecule has 1 heterocycles. The van der Waals surface area contributed by atoms with Gasteiger partial charge in [0.2, 0.25) is 0 Å². The summed E-state index contributed by atoms with van der Waals surface area (Å²) < 4.78 is 4.49. The van der Waals surface area contributed by atoms with Crippen LogP contribution in [0.15, 0.2) is 18.5 Å². The molecule has 0 aromatic carbocycles. The van der Waals surface area contributed by atoms with Crippen LogP contribution in [0.1, 0.15) is 6.92 Å². The van der Waals surface area contributed by atoms with Crippen LogP contribution >= 0.6 is 0 Å².